The minimum absolute atomic E-state index is 0.0810. The summed E-state index contributed by atoms with van der Waals surface area (Å²) in [7, 11) is 1.92. The highest BCUT2D eigenvalue weighted by Gasteiger charge is 2.19. The Morgan fingerprint density at radius 3 is 2.56 bits per heavy atom. The van der Waals surface area contributed by atoms with E-state index in [0.717, 1.165) is 5.76 Å². The number of hydrogen-bond acceptors (Lipinski definition) is 3. The minimum atomic E-state index is 0.0810. The number of hydrogen-bond donors (Lipinski definition) is 1. The van der Waals surface area contributed by atoms with Crippen molar-refractivity contribution in [1.82, 2.24) is 5.32 Å². The summed E-state index contributed by atoms with van der Waals surface area (Å²) >= 11 is 7.60. The number of halogens is 1. The Bertz CT molecular complexity index is 489. The standard InChI is InChI=1S/C12H14ClNOS/c1-7-6-9(8(2)16-7)12(14-3)10-4-5-11(13)15-10/h4-6,12,14H,1-3H3. The van der Waals surface area contributed by atoms with Crippen molar-refractivity contribution in [1.29, 1.82) is 0 Å². The third kappa shape index (κ3) is 2.17. The second-order valence-electron chi connectivity index (χ2n) is 3.73. The summed E-state index contributed by atoms with van der Waals surface area (Å²) in [4.78, 5) is 2.62. The van der Waals surface area contributed by atoms with Crippen molar-refractivity contribution >= 4 is 22.9 Å². The van der Waals surface area contributed by atoms with Gasteiger partial charge in [0.1, 0.15) is 5.76 Å². The number of thiophene rings is 1. The SMILES string of the molecule is CNC(c1ccc(Cl)o1)c1cc(C)sc1C. The van der Waals surface area contributed by atoms with Crippen molar-refractivity contribution < 1.29 is 4.42 Å². The van der Waals surface area contributed by atoms with E-state index in [-0.39, 0.29) is 6.04 Å². The number of rotatable bonds is 3. The van der Waals surface area contributed by atoms with Crippen molar-refractivity contribution in [2.75, 3.05) is 7.05 Å². The van der Waals surface area contributed by atoms with Gasteiger partial charge in [-0.15, -0.1) is 11.3 Å². The molecule has 16 heavy (non-hydrogen) atoms. The van der Waals surface area contributed by atoms with Crippen LogP contribution in [0.15, 0.2) is 22.6 Å². The van der Waals surface area contributed by atoms with Gasteiger partial charge in [0, 0.05) is 9.75 Å². The van der Waals surface area contributed by atoms with Crippen LogP contribution in [0.5, 0.6) is 0 Å². The Balaban J connectivity index is 2.40. The van der Waals surface area contributed by atoms with E-state index in [2.05, 4.69) is 25.2 Å². The normalized spacial score (nSPS) is 13.0. The van der Waals surface area contributed by atoms with Gasteiger partial charge in [-0.2, -0.15) is 0 Å². The molecular weight excluding hydrogens is 242 g/mol. The zero-order valence-electron chi connectivity index (χ0n) is 9.50. The maximum Gasteiger partial charge on any atom is 0.193 e. The second kappa shape index (κ2) is 4.62. The summed E-state index contributed by atoms with van der Waals surface area (Å²) in [5.74, 6) is 0.855. The first-order valence-electron chi connectivity index (χ1n) is 5.11. The molecule has 1 N–H and O–H groups in total. The van der Waals surface area contributed by atoms with Crippen LogP contribution >= 0.6 is 22.9 Å². The summed E-state index contributed by atoms with van der Waals surface area (Å²) in [6, 6.07) is 5.96. The average molecular weight is 256 g/mol. The van der Waals surface area contributed by atoms with Gasteiger partial charge in [0.2, 0.25) is 0 Å². The van der Waals surface area contributed by atoms with Crippen LogP contribution in [-0.2, 0) is 0 Å². The molecule has 0 aliphatic heterocycles. The van der Waals surface area contributed by atoms with Crippen LogP contribution in [0.3, 0.4) is 0 Å². The number of furan rings is 1. The minimum Gasteiger partial charge on any atom is -0.448 e. The first-order chi connectivity index (χ1) is 7.61. The Kier molecular flexibility index (Phi) is 3.38. The summed E-state index contributed by atoms with van der Waals surface area (Å²) in [6.07, 6.45) is 0. The second-order valence-corrected chi connectivity index (χ2v) is 5.57. The fourth-order valence-electron chi connectivity index (χ4n) is 1.87. The van der Waals surface area contributed by atoms with Gasteiger partial charge in [0.25, 0.3) is 0 Å². The molecule has 0 aliphatic carbocycles. The molecule has 0 radical (unpaired) electrons. The monoisotopic (exact) mass is 255 g/mol. The molecule has 0 aromatic carbocycles. The Morgan fingerprint density at radius 1 is 1.38 bits per heavy atom. The third-order valence-electron chi connectivity index (χ3n) is 2.56. The molecule has 0 spiro atoms. The molecule has 2 nitrogen and oxygen atoms in total. The molecule has 1 unspecified atom stereocenters. The highest BCUT2D eigenvalue weighted by Crippen LogP contribution is 2.31. The lowest BCUT2D eigenvalue weighted by atomic mass is 10.1. The topological polar surface area (TPSA) is 25.2 Å². The van der Waals surface area contributed by atoms with Crippen LogP contribution in [0.25, 0.3) is 0 Å². The zero-order chi connectivity index (χ0) is 11.7. The molecule has 0 amide bonds. The van der Waals surface area contributed by atoms with Crippen molar-refractivity contribution in [2.45, 2.75) is 19.9 Å². The van der Waals surface area contributed by atoms with Gasteiger partial charge in [0.05, 0.1) is 6.04 Å². The van der Waals surface area contributed by atoms with E-state index in [9.17, 15) is 0 Å². The van der Waals surface area contributed by atoms with E-state index < -0.39 is 0 Å². The molecule has 2 aromatic heterocycles. The Labute approximate surface area is 104 Å². The van der Waals surface area contributed by atoms with Crippen LogP contribution in [0.4, 0.5) is 0 Å². The maximum absolute atomic E-state index is 5.80. The quantitative estimate of drug-likeness (QED) is 0.899. The summed E-state index contributed by atoms with van der Waals surface area (Å²) < 4.78 is 5.46. The molecule has 0 bridgehead atoms. The van der Waals surface area contributed by atoms with E-state index in [1.807, 2.05) is 13.1 Å². The van der Waals surface area contributed by atoms with Crippen LogP contribution in [0, 0.1) is 13.8 Å². The van der Waals surface area contributed by atoms with E-state index in [4.69, 9.17) is 16.0 Å². The van der Waals surface area contributed by atoms with Crippen molar-refractivity contribution in [3.05, 3.63) is 44.5 Å². The third-order valence-corrected chi connectivity index (χ3v) is 3.74. The summed E-state index contributed by atoms with van der Waals surface area (Å²) in [6.45, 7) is 4.24. The number of nitrogens with one attached hydrogen (secondary N) is 1. The molecule has 0 saturated heterocycles. The smallest absolute Gasteiger partial charge is 0.193 e. The molecule has 0 saturated carbocycles. The fourth-order valence-corrected chi connectivity index (χ4v) is 2.99. The van der Waals surface area contributed by atoms with Gasteiger partial charge in [-0.25, -0.2) is 0 Å². The van der Waals surface area contributed by atoms with E-state index >= 15 is 0 Å². The van der Waals surface area contributed by atoms with Gasteiger partial charge in [-0.05, 0) is 56.3 Å². The Morgan fingerprint density at radius 2 is 2.12 bits per heavy atom. The van der Waals surface area contributed by atoms with Crippen molar-refractivity contribution in [3.63, 3.8) is 0 Å². The average Bonchev–Trinajstić information content (AvgIpc) is 2.76. The van der Waals surface area contributed by atoms with Crippen LogP contribution in [0.2, 0.25) is 5.22 Å². The van der Waals surface area contributed by atoms with Crippen molar-refractivity contribution in [3.8, 4) is 0 Å². The molecule has 86 valence electrons. The van der Waals surface area contributed by atoms with Gasteiger partial charge in [-0.1, -0.05) is 0 Å². The molecular formula is C12H14ClNOS. The predicted molar refractivity (Wildman–Crippen MR) is 68.4 cm³/mol. The molecule has 0 fully saturated rings. The molecule has 1 atom stereocenters. The molecule has 2 rings (SSSR count). The van der Waals surface area contributed by atoms with Gasteiger partial charge < -0.3 is 9.73 Å². The lowest BCUT2D eigenvalue weighted by Gasteiger charge is -2.13. The van der Waals surface area contributed by atoms with Crippen LogP contribution < -0.4 is 5.32 Å². The molecule has 2 aromatic rings. The first-order valence-corrected chi connectivity index (χ1v) is 6.30. The maximum atomic E-state index is 5.80. The Hall–Kier alpha value is -0.770. The van der Waals surface area contributed by atoms with Gasteiger partial charge in [-0.3, -0.25) is 0 Å². The van der Waals surface area contributed by atoms with E-state index in [1.165, 1.54) is 15.3 Å². The highest BCUT2D eigenvalue weighted by atomic mass is 35.5. The summed E-state index contributed by atoms with van der Waals surface area (Å²) in [5, 5.41) is 3.69. The molecule has 0 aliphatic rings. The van der Waals surface area contributed by atoms with E-state index in [1.54, 1.807) is 17.4 Å². The lowest BCUT2D eigenvalue weighted by molar-refractivity contribution is 0.464. The largest absolute Gasteiger partial charge is 0.448 e. The molecule has 2 heterocycles. The van der Waals surface area contributed by atoms with Crippen molar-refractivity contribution in [2.24, 2.45) is 0 Å². The van der Waals surface area contributed by atoms with Gasteiger partial charge >= 0.3 is 0 Å². The predicted octanol–water partition coefficient (Wildman–Crippen LogP) is 3.92. The fraction of sp³-hybridized carbons (Fsp3) is 0.333. The number of aryl methyl sites for hydroxylation is 2. The highest BCUT2D eigenvalue weighted by molar-refractivity contribution is 7.12. The lowest BCUT2D eigenvalue weighted by Crippen LogP contribution is -2.17. The summed E-state index contributed by atoms with van der Waals surface area (Å²) in [5.41, 5.74) is 1.26. The van der Waals surface area contributed by atoms with Crippen LogP contribution in [-0.4, -0.2) is 7.05 Å². The molecule has 4 heteroatoms. The zero-order valence-corrected chi connectivity index (χ0v) is 11.1. The van der Waals surface area contributed by atoms with E-state index in [0.29, 0.717) is 5.22 Å². The van der Waals surface area contributed by atoms with Crippen LogP contribution in [0.1, 0.15) is 27.1 Å². The first kappa shape index (κ1) is 11.7. The van der Waals surface area contributed by atoms with Gasteiger partial charge in [0.15, 0.2) is 5.22 Å².